The Hall–Kier alpha value is -2.46. The van der Waals surface area contributed by atoms with Crippen LogP contribution in [0, 0.1) is 0 Å². The van der Waals surface area contributed by atoms with Gasteiger partial charge < -0.3 is 14.6 Å². The molecule has 0 aliphatic rings. The van der Waals surface area contributed by atoms with Crippen molar-refractivity contribution in [2.45, 2.75) is 6.42 Å². The molecule has 2 aromatic carbocycles. The number of nitrogens with zero attached hydrogens (tertiary/aromatic N) is 1. The smallest absolute Gasteiger partial charge is 0.267 e. The van der Waals surface area contributed by atoms with E-state index in [1.807, 2.05) is 60.1 Å². The van der Waals surface area contributed by atoms with E-state index in [9.17, 15) is 4.79 Å². The van der Waals surface area contributed by atoms with E-state index < -0.39 is 0 Å². The van der Waals surface area contributed by atoms with E-state index in [0.717, 1.165) is 28.6 Å². The van der Waals surface area contributed by atoms with Gasteiger partial charge in [-0.1, -0.05) is 29.8 Å². The first-order chi connectivity index (χ1) is 11.6. The molecule has 0 radical (unpaired) electrons. The summed E-state index contributed by atoms with van der Waals surface area (Å²) in [4.78, 5) is 12.4. The molecule has 5 heteroatoms. The molecule has 124 valence electrons. The van der Waals surface area contributed by atoms with Crippen molar-refractivity contribution in [3.05, 3.63) is 64.8 Å². The average Bonchev–Trinajstić information content (AvgIpc) is 2.92. The Morgan fingerprint density at radius 1 is 1.17 bits per heavy atom. The zero-order chi connectivity index (χ0) is 17.1. The monoisotopic (exact) mass is 342 g/mol. The van der Waals surface area contributed by atoms with E-state index >= 15 is 0 Å². The predicted octanol–water partition coefficient (Wildman–Crippen LogP) is 3.81. The highest BCUT2D eigenvalue weighted by molar-refractivity contribution is 6.31. The van der Waals surface area contributed by atoms with Crippen LogP contribution in [0.2, 0.25) is 5.02 Å². The molecule has 0 saturated carbocycles. The van der Waals surface area contributed by atoms with Crippen molar-refractivity contribution in [3.8, 4) is 5.75 Å². The molecule has 24 heavy (non-hydrogen) atoms. The van der Waals surface area contributed by atoms with Crippen molar-refractivity contribution in [1.82, 2.24) is 9.88 Å². The van der Waals surface area contributed by atoms with Gasteiger partial charge in [-0.05, 0) is 42.3 Å². The van der Waals surface area contributed by atoms with Gasteiger partial charge in [-0.15, -0.1) is 0 Å². The highest BCUT2D eigenvalue weighted by Crippen LogP contribution is 2.22. The number of methoxy groups -OCH3 is 1. The zero-order valence-electron chi connectivity index (χ0n) is 13.7. The topological polar surface area (TPSA) is 43.3 Å². The van der Waals surface area contributed by atoms with Gasteiger partial charge in [0.25, 0.3) is 5.91 Å². The van der Waals surface area contributed by atoms with Crippen molar-refractivity contribution in [3.63, 3.8) is 0 Å². The summed E-state index contributed by atoms with van der Waals surface area (Å²) in [6.45, 7) is 0.577. The predicted molar refractivity (Wildman–Crippen MR) is 97.0 cm³/mol. The molecule has 0 aliphatic carbocycles. The molecule has 0 aliphatic heterocycles. The molecule has 0 atom stereocenters. The molecule has 0 bridgehead atoms. The Bertz CT molecular complexity index is 869. The van der Waals surface area contributed by atoms with E-state index in [1.54, 1.807) is 7.11 Å². The Kier molecular flexibility index (Phi) is 4.76. The molecule has 1 heterocycles. The lowest BCUT2D eigenvalue weighted by molar-refractivity contribution is 0.0946. The first-order valence-corrected chi connectivity index (χ1v) is 8.12. The number of fused-ring (bicyclic) bond motifs is 1. The molecule has 3 rings (SSSR count). The molecule has 1 amide bonds. The van der Waals surface area contributed by atoms with Crippen molar-refractivity contribution in [2.75, 3.05) is 13.7 Å². The van der Waals surface area contributed by atoms with Gasteiger partial charge in [-0.2, -0.15) is 0 Å². The first kappa shape index (κ1) is 16.4. The maximum atomic E-state index is 12.4. The fourth-order valence-electron chi connectivity index (χ4n) is 2.72. The van der Waals surface area contributed by atoms with Gasteiger partial charge in [-0.3, -0.25) is 4.79 Å². The molecule has 0 unspecified atom stereocenters. The normalized spacial score (nSPS) is 10.8. The van der Waals surface area contributed by atoms with Crippen LogP contribution in [-0.4, -0.2) is 24.1 Å². The number of carbonyl (C=O) groups is 1. The highest BCUT2D eigenvalue weighted by Gasteiger charge is 2.13. The highest BCUT2D eigenvalue weighted by atomic mass is 35.5. The summed E-state index contributed by atoms with van der Waals surface area (Å²) in [6, 6.07) is 15.4. The second kappa shape index (κ2) is 6.97. The Balaban J connectivity index is 1.65. The zero-order valence-corrected chi connectivity index (χ0v) is 14.4. The van der Waals surface area contributed by atoms with Gasteiger partial charge in [0.2, 0.25) is 0 Å². The van der Waals surface area contributed by atoms with Crippen LogP contribution >= 0.6 is 11.6 Å². The summed E-state index contributed by atoms with van der Waals surface area (Å²) < 4.78 is 7.00. The van der Waals surface area contributed by atoms with Gasteiger partial charge in [0, 0.05) is 29.5 Å². The Morgan fingerprint density at radius 2 is 1.92 bits per heavy atom. The van der Waals surface area contributed by atoms with Crippen molar-refractivity contribution >= 4 is 28.4 Å². The van der Waals surface area contributed by atoms with Crippen molar-refractivity contribution < 1.29 is 9.53 Å². The third-order valence-corrected chi connectivity index (χ3v) is 4.33. The van der Waals surface area contributed by atoms with Crippen LogP contribution in [0.25, 0.3) is 10.9 Å². The van der Waals surface area contributed by atoms with Crippen LogP contribution in [0.4, 0.5) is 0 Å². The lowest BCUT2D eigenvalue weighted by Crippen LogP contribution is -2.27. The minimum Gasteiger partial charge on any atom is -0.497 e. The number of halogens is 1. The number of amides is 1. The van der Waals surface area contributed by atoms with Crippen LogP contribution in [-0.2, 0) is 13.5 Å². The minimum absolute atomic E-state index is 0.0849. The van der Waals surface area contributed by atoms with E-state index in [-0.39, 0.29) is 5.91 Å². The van der Waals surface area contributed by atoms with Gasteiger partial charge in [-0.25, -0.2) is 0 Å². The molecular weight excluding hydrogens is 324 g/mol. The molecule has 1 N–H and O–H groups in total. The molecule has 3 aromatic rings. The summed E-state index contributed by atoms with van der Waals surface area (Å²) in [5, 5.41) is 4.63. The second-order valence-corrected chi connectivity index (χ2v) is 6.08. The maximum Gasteiger partial charge on any atom is 0.267 e. The van der Waals surface area contributed by atoms with E-state index in [1.165, 1.54) is 0 Å². The van der Waals surface area contributed by atoms with E-state index in [2.05, 4.69) is 5.32 Å². The molecule has 0 saturated heterocycles. The minimum atomic E-state index is -0.0849. The number of rotatable bonds is 5. The number of carbonyl (C=O) groups excluding carboxylic acids is 1. The number of nitrogens with one attached hydrogen (secondary N) is 1. The summed E-state index contributed by atoms with van der Waals surface area (Å²) in [5.41, 5.74) is 2.73. The SMILES string of the molecule is COc1ccc(CCNC(=O)c2cc3ccc(Cl)cc3n2C)cc1. The number of benzene rings is 2. The van der Waals surface area contributed by atoms with Crippen molar-refractivity contribution in [1.29, 1.82) is 0 Å². The lowest BCUT2D eigenvalue weighted by Gasteiger charge is -2.07. The van der Waals surface area contributed by atoms with Gasteiger partial charge >= 0.3 is 0 Å². The van der Waals surface area contributed by atoms with Crippen LogP contribution < -0.4 is 10.1 Å². The fourth-order valence-corrected chi connectivity index (χ4v) is 2.89. The second-order valence-electron chi connectivity index (χ2n) is 5.65. The third kappa shape index (κ3) is 3.39. The summed E-state index contributed by atoms with van der Waals surface area (Å²) in [7, 11) is 3.52. The molecule has 4 nitrogen and oxygen atoms in total. The van der Waals surface area contributed by atoms with Crippen molar-refractivity contribution in [2.24, 2.45) is 7.05 Å². The standard InChI is InChI=1S/C19H19ClN2O2/c1-22-17-12-15(20)6-5-14(17)11-18(22)19(23)21-10-9-13-3-7-16(24-2)8-4-13/h3-8,11-12H,9-10H2,1-2H3,(H,21,23). The van der Waals surface area contributed by atoms with Crippen LogP contribution in [0.5, 0.6) is 5.75 Å². The van der Waals surface area contributed by atoms with Gasteiger partial charge in [0.1, 0.15) is 11.4 Å². The summed E-state index contributed by atoms with van der Waals surface area (Å²) >= 11 is 6.03. The van der Waals surface area contributed by atoms with Crippen LogP contribution in [0.1, 0.15) is 16.1 Å². The largest absolute Gasteiger partial charge is 0.497 e. The number of aromatic nitrogens is 1. The third-order valence-electron chi connectivity index (χ3n) is 4.10. The Labute approximate surface area is 146 Å². The van der Waals surface area contributed by atoms with Crippen LogP contribution in [0.3, 0.4) is 0 Å². The van der Waals surface area contributed by atoms with E-state index in [0.29, 0.717) is 17.3 Å². The number of ether oxygens (including phenoxy) is 1. The number of aryl methyl sites for hydroxylation is 1. The number of hydrogen-bond donors (Lipinski definition) is 1. The fraction of sp³-hybridized carbons (Fsp3) is 0.211. The Morgan fingerprint density at radius 3 is 2.62 bits per heavy atom. The van der Waals surface area contributed by atoms with E-state index in [4.69, 9.17) is 16.3 Å². The van der Waals surface area contributed by atoms with Gasteiger partial charge in [0.05, 0.1) is 7.11 Å². The number of hydrogen-bond acceptors (Lipinski definition) is 2. The van der Waals surface area contributed by atoms with Crippen LogP contribution in [0.15, 0.2) is 48.5 Å². The molecule has 0 spiro atoms. The average molecular weight is 343 g/mol. The maximum absolute atomic E-state index is 12.4. The molecule has 1 aromatic heterocycles. The summed E-state index contributed by atoms with van der Waals surface area (Å²) in [6.07, 6.45) is 0.769. The molecular formula is C19H19ClN2O2. The lowest BCUT2D eigenvalue weighted by atomic mass is 10.1. The quantitative estimate of drug-likeness (QED) is 0.766. The summed E-state index contributed by atoms with van der Waals surface area (Å²) in [5.74, 6) is 0.746. The molecule has 0 fully saturated rings. The van der Waals surface area contributed by atoms with Gasteiger partial charge in [0.15, 0.2) is 0 Å². The first-order valence-electron chi connectivity index (χ1n) is 7.74.